The first-order valence-electron chi connectivity index (χ1n) is 6.77. The van der Waals surface area contributed by atoms with Gasteiger partial charge in [0.1, 0.15) is 11.6 Å². The van der Waals surface area contributed by atoms with Crippen LogP contribution in [0.15, 0.2) is 60.7 Å². The summed E-state index contributed by atoms with van der Waals surface area (Å²) in [5.41, 5.74) is 7.57. The second kappa shape index (κ2) is 5.54. The van der Waals surface area contributed by atoms with Crippen LogP contribution in [0.2, 0.25) is 0 Å². The Morgan fingerprint density at radius 3 is 2.43 bits per heavy atom. The molecule has 0 radical (unpaired) electrons. The number of hydrogen-bond acceptors (Lipinski definition) is 2. The number of rotatable bonds is 3. The number of benzene rings is 3. The van der Waals surface area contributed by atoms with Crippen molar-refractivity contribution in [2.45, 2.75) is 6.04 Å². The molecule has 3 rings (SSSR count). The van der Waals surface area contributed by atoms with E-state index in [1.54, 1.807) is 12.1 Å². The average Bonchev–Trinajstić information content (AvgIpc) is 2.53. The van der Waals surface area contributed by atoms with Gasteiger partial charge in [-0.1, -0.05) is 42.5 Å². The third-order valence-electron chi connectivity index (χ3n) is 3.68. The van der Waals surface area contributed by atoms with Gasteiger partial charge in [0.25, 0.3) is 0 Å². The first-order valence-corrected chi connectivity index (χ1v) is 6.77. The highest BCUT2D eigenvalue weighted by molar-refractivity contribution is 5.83. The minimum absolute atomic E-state index is 0.352. The van der Waals surface area contributed by atoms with E-state index in [0.717, 1.165) is 16.3 Å². The summed E-state index contributed by atoms with van der Waals surface area (Å²) < 4.78 is 19.1. The highest BCUT2D eigenvalue weighted by Gasteiger charge is 2.14. The van der Waals surface area contributed by atoms with Crippen LogP contribution in [0.4, 0.5) is 4.39 Å². The van der Waals surface area contributed by atoms with E-state index in [2.05, 4.69) is 0 Å². The van der Waals surface area contributed by atoms with Crippen molar-refractivity contribution >= 4 is 10.8 Å². The topological polar surface area (TPSA) is 35.2 Å². The molecule has 0 aliphatic rings. The molecular formula is C18H16FNO. The van der Waals surface area contributed by atoms with E-state index in [0.29, 0.717) is 11.3 Å². The summed E-state index contributed by atoms with van der Waals surface area (Å²) in [6, 6.07) is 18.2. The molecular weight excluding hydrogens is 265 g/mol. The zero-order valence-corrected chi connectivity index (χ0v) is 11.7. The Kier molecular flexibility index (Phi) is 3.59. The Morgan fingerprint density at radius 1 is 0.952 bits per heavy atom. The molecule has 0 fully saturated rings. The van der Waals surface area contributed by atoms with Crippen LogP contribution in [0.25, 0.3) is 10.8 Å². The van der Waals surface area contributed by atoms with Crippen LogP contribution >= 0.6 is 0 Å². The van der Waals surface area contributed by atoms with Gasteiger partial charge in [-0.05, 0) is 28.5 Å². The summed E-state index contributed by atoms with van der Waals surface area (Å²) in [6.07, 6.45) is 0. The monoisotopic (exact) mass is 281 g/mol. The summed E-state index contributed by atoms with van der Waals surface area (Å²) in [6.45, 7) is 0. The molecule has 106 valence electrons. The highest BCUT2D eigenvalue weighted by atomic mass is 19.1. The Hall–Kier alpha value is -2.39. The van der Waals surface area contributed by atoms with Crippen LogP contribution in [-0.4, -0.2) is 7.11 Å². The van der Waals surface area contributed by atoms with Crippen molar-refractivity contribution in [3.63, 3.8) is 0 Å². The van der Waals surface area contributed by atoms with Gasteiger partial charge in [-0.15, -0.1) is 0 Å². The van der Waals surface area contributed by atoms with E-state index in [-0.39, 0.29) is 5.82 Å². The van der Waals surface area contributed by atoms with Gasteiger partial charge in [-0.25, -0.2) is 4.39 Å². The Labute approximate surface area is 123 Å². The zero-order chi connectivity index (χ0) is 14.8. The Bertz CT molecular complexity index is 785. The maximum absolute atomic E-state index is 14.1. The quantitative estimate of drug-likeness (QED) is 0.786. The van der Waals surface area contributed by atoms with Gasteiger partial charge < -0.3 is 10.5 Å². The summed E-state index contributed by atoms with van der Waals surface area (Å²) in [4.78, 5) is 0. The number of halogens is 1. The van der Waals surface area contributed by atoms with Gasteiger partial charge in [0, 0.05) is 11.6 Å². The van der Waals surface area contributed by atoms with Crippen molar-refractivity contribution in [3.05, 3.63) is 77.6 Å². The number of hydrogen-bond donors (Lipinski definition) is 1. The third kappa shape index (κ3) is 2.60. The van der Waals surface area contributed by atoms with Crippen LogP contribution in [0.1, 0.15) is 17.2 Å². The van der Waals surface area contributed by atoms with Crippen molar-refractivity contribution in [1.29, 1.82) is 0 Å². The first-order chi connectivity index (χ1) is 10.2. The fraction of sp³-hybridized carbons (Fsp3) is 0.111. The van der Waals surface area contributed by atoms with Crippen molar-refractivity contribution in [2.24, 2.45) is 5.73 Å². The van der Waals surface area contributed by atoms with Crippen LogP contribution in [0.5, 0.6) is 5.75 Å². The van der Waals surface area contributed by atoms with Gasteiger partial charge >= 0.3 is 0 Å². The second-order valence-corrected chi connectivity index (χ2v) is 4.97. The number of methoxy groups -OCH3 is 1. The van der Waals surface area contributed by atoms with E-state index < -0.39 is 6.04 Å². The molecule has 2 nitrogen and oxygen atoms in total. The van der Waals surface area contributed by atoms with Crippen LogP contribution in [0.3, 0.4) is 0 Å². The molecule has 1 atom stereocenters. The lowest BCUT2D eigenvalue weighted by Crippen LogP contribution is -2.13. The molecule has 21 heavy (non-hydrogen) atoms. The zero-order valence-electron chi connectivity index (χ0n) is 11.7. The molecule has 2 N–H and O–H groups in total. The van der Waals surface area contributed by atoms with Crippen LogP contribution in [0, 0.1) is 5.82 Å². The second-order valence-electron chi connectivity index (χ2n) is 4.97. The summed E-state index contributed by atoms with van der Waals surface area (Å²) >= 11 is 0. The fourth-order valence-corrected chi connectivity index (χ4v) is 2.47. The van der Waals surface area contributed by atoms with Crippen molar-refractivity contribution in [2.75, 3.05) is 7.11 Å². The molecule has 3 aromatic rings. The van der Waals surface area contributed by atoms with Gasteiger partial charge in [0.15, 0.2) is 0 Å². The largest absolute Gasteiger partial charge is 0.497 e. The van der Waals surface area contributed by atoms with E-state index in [1.165, 1.54) is 13.2 Å². The van der Waals surface area contributed by atoms with E-state index in [4.69, 9.17) is 10.5 Å². The molecule has 0 spiro atoms. The molecule has 0 saturated carbocycles. The van der Waals surface area contributed by atoms with Gasteiger partial charge in [0.05, 0.1) is 13.2 Å². The lowest BCUT2D eigenvalue weighted by molar-refractivity contribution is 0.410. The molecule has 0 aromatic heterocycles. The predicted octanol–water partition coefficient (Wildman–Crippen LogP) is 4.04. The Morgan fingerprint density at radius 2 is 1.71 bits per heavy atom. The summed E-state index contributed by atoms with van der Waals surface area (Å²) in [7, 11) is 1.51. The molecule has 0 heterocycles. The average molecular weight is 281 g/mol. The minimum atomic E-state index is -0.500. The van der Waals surface area contributed by atoms with Crippen LogP contribution < -0.4 is 10.5 Å². The molecule has 0 saturated heterocycles. The van der Waals surface area contributed by atoms with Gasteiger partial charge in [-0.2, -0.15) is 0 Å². The number of nitrogens with two attached hydrogens (primary N) is 1. The lowest BCUT2D eigenvalue weighted by atomic mass is 9.96. The maximum Gasteiger partial charge on any atom is 0.132 e. The fourth-order valence-electron chi connectivity index (χ4n) is 2.47. The van der Waals surface area contributed by atoms with Crippen LogP contribution in [-0.2, 0) is 0 Å². The predicted molar refractivity (Wildman–Crippen MR) is 82.9 cm³/mol. The van der Waals surface area contributed by atoms with Crippen molar-refractivity contribution < 1.29 is 9.13 Å². The third-order valence-corrected chi connectivity index (χ3v) is 3.68. The first kappa shape index (κ1) is 13.6. The standard InChI is InChI=1S/C18H16FNO/c1-21-15-8-9-16(17(19)11-15)18(20)14-7-6-12-4-2-3-5-13(12)10-14/h2-11,18H,20H2,1H3. The minimum Gasteiger partial charge on any atom is -0.497 e. The van der Waals surface area contributed by atoms with Crippen molar-refractivity contribution in [3.8, 4) is 5.75 Å². The molecule has 1 unspecified atom stereocenters. The summed E-state index contributed by atoms with van der Waals surface area (Å²) in [5.74, 6) is 0.136. The SMILES string of the molecule is COc1ccc(C(N)c2ccc3ccccc3c2)c(F)c1. The smallest absolute Gasteiger partial charge is 0.132 e. The highest BCUT2D eigenvalue weighted by Crippen LogP contribution is 2.27. The normalized spacial score (nSPS) is 12.3. The maximum atomic E-state index is 14.1. The molecule has 0 bridgehead atoms. The molecule has 3 heteroatoms. The van der Waals surface area contributed by atoms with Crippen molar-refractivity contribution in [1.82, 2.24) is 0 Å². The van der Waals surface area contributed by atoms with Gasteiger partial charge in [-0.3, -0.25) is 0 Å². The van der Waals surface area contributed by atoms with Gasteiger partial charge in [0.2, 0.25) is 0 Å². The van der Waals surface area contributed by atoms with E-state index in [9.17, 15) is 4.39 Å². The molecule has 0 aliphatic carbocycles. The van der Waals surface area contributed by atoms with E-state index in [1.807, 2.05) is 42.5 Å². The lowest BCUT2D eigenvalue weighted by Gasteiger charge is -2.15. The molecule has 3 aromatic carbocycles. The molecule has 0 aliphatic heterocycles. The number of ether oxygens (including phenoxy) is 1. The van der Waals surface area contributed by atoms with E-state index >= 15 is 0 Å². The molecule has 0 amide bonds. The Balaban J connectivity index is 2.01. The summed E-state index contributed by atoms with van der Waals surface area (Å²) in [5, 5.41) is 2.24. The number of fused-ring (bicyclic) bond motifs is 1.